The first kappa shape index (κ1) is 9.07. The number of halogens is 1. The summed E-state index contributed by atoms with van der Waals surface area (Å²) in [4.78, 5) is 10.9. The Hall–Kier alpha value is -1.02. The lowest BCUT2D eigenvalue weighted by Gasteiger charge is -1.98. The first-order valence-corrected chi connectivity index (χ1v) is 4.11. The number of hydrogen-bond donors (Lipinski definition) is 1. The number of carbonyl (C=O) groups is 1. The van der Waals surface area contributed by atoms with Crippen molar-refractivity contribution in [3.63, 3.8) is 0 Å². The molecular weight excluding hydrogens is 176 g/mol. The van der Waals surface area contributed by atoms with Crippen LogP contribution in [0.15, 0.2) is 24.3 Å². The van der Waals surface area contributed by atoms with Gasteiger partial charge in [-0.15, -0.1) is 11.6 Å². The summed E-state index contributed by atoms with van der Waals surface area (Å²) in [5.74, 6) is 0.160. The van der Waals surface area contributed by atoms with Crippen molar-refractivity contribution in [3.05, 3.63) is 29.8 Å². The average Bonchev–Trinajstić information content (AvgIpc) is 2.04. The zero-order chi connectivity index (χ0) is 8.97. The minimum absolute atomic E-state index is 0.0235. The van der Waals surface area contributed by atoms with Crippen LogP contribution in [0.1, 0.15) is 5.56 Å². The van der Waals surface area contributed by atoms with E-state index in [0.29, 0.717) is 0 Å². The number of aromatic hydroxyl groups is 1. The Morgan fingerprint density at radius 1 is 1.50 bits per heavy atom. The smallest absolute Gasteiger partial charge is 0.151 e. The van der Waals surface area contributed by atoms with E-state index in [-0.39, 0.29) is 23.8 Å². The molecule has 1 aromatic carbocycles. The van der Waals surface area contributed by atoms with Crippen molar-refractivity contribution in [2.45, 2.75) is 6.42 Å². The number of hydrogen-bond acceptors (Lipinski definition) is 2. The van der Waals surface area contributed by atoms with Gasteiger partial charge in [-0.05, 0) is 17.7 Å². The third-order valence-electron chi connectivity index (χ3n) is 1.46. The van der Waals surface area contributed by atoms with Crippen LogP contribution in [0.2, 0.25) is 0 Å². The Balaban J connectivity index is 2.69. The van der Waals surface area contributed by atoms with Gasteiger partial charge in [0.1, 0.15) is 5.75 Å². The Morgan fingerprint density at radius 3 is 2.83 bits per heavy atom. The lowest BCUT2D eigenvalue weighted by Crippen LogP contribution is -2.03. The quantitative estimate of drug-likeness (QED) is 0.727. The highest BCUT2D eigenvalue weighted by Gasteiger charge is 2.01. The molecule has 0 bridgehead atoms. The second kappa shape index (κ2) is 4.12. The van der Waals surface area contributed by atoms with Gasteiger partial charge in [0, 0.05) is 6.42 Å². The second-order valence-corrected chi connectivity index (χ2v) is 2.79. The molecule has 0 aliphatic rings. The SMILES string of the molecule is O=C(CCl)Cc1cccc(O)c1. The van der Waals surface area contributed by atoms with E-state index < -0.39 is 0 Å². The molecule has 0 aromatic heterocycles. The molecule has 0 saturated heterocycles. The number of rotatable bonds is 3. The Morgan fingerprint density at radius 2 is 2.25 bits per heavy atom. The summed E-state index contributed by atoms with van der Waals surface area (Å²) in [5, 5.41) is 9.05. The molecule has 0 aliphatic carbocycles. The van der Waals surface area contributed by atoms with E-state index in [4.69, 9.17) is 16.7 Å². The minimum Gasteiger partial charge on any atom is -0.508 e. The van der Waals surface area contributed by atoms with E-state index in [1.54, 1.807) is 24.3 Å². The van der Waals surface area contributed by atoms with Gasteiger partial charge in [-0.1, -0.05) is 12.1 Å². The molecule has 2 nitrogen and oxygen atoms in total. The van der Waals surface area contributed by atoms with Crippen LogP contribution in [0, 0.1) is 0 Å². The summed E-state index contributed by atoms with van der Waals surface area (Å²) in [7, 11) is 0. The Bertz CT molecular complexity index is 284. The summed E-state index contributed by atoms with van der Waals surface area (Å²) in [6.07, 6.45) is 0.290. The molecule has 0 spiro atoms. The lowest BCUT2D eigenvalue weighted by atomic mass is 10.1. The molecule has 64 valence electrons. The van der Waals surface area contributed by atoms with Crippen molar-refractivity contribution >= 4 is 17.4 Å². The topological polar surface area (TPSA) is 37.3 Å². The van der Waals surface area contributed by atoms with Crippen LogP contribution in [-0.2, 0) is 11.2 Å². The Labute approximate surface area is 75.8 Å². The van der Waals surface area contributed by atoms with Gasteiger partial charge >= 0.3 is 0 Å². The second-order valence-electron chi connectivity index (χ2n) is 2.52. The molecule has 0 amide bonds. The maximum atomic E-state index is 10.9. The molecule has 1 aromatic rings. The van der Waals surface area contributed by atoms with Crippen LogP contribution in [0.5, 0.6) is 5.75 Å². The number of phenols is 1. The lowest BCUT2D eigenvalue weighted by molar-refractivity contribution is -0.116. The summed E-state index contributed by atoms with van der Waals surface area (Å²) >= 11 is 5.33. The summed E-state index contributed by atoms with van der Waals surface area (Å²) in [5.41, 5.74) is 0.792. The molecule has 0 heterocycles. The normalized spacial score (nSPS) is 9.75. The maximum Gasteiger partial charge on any atom is 0.151 e. The van der Waals surface area contributed by atoms with Crippen LogP contribution in [0.4, 0.5) is 0 Å². The Kier molecular flexibility index (Phi) is 3.11. The van der Waals surface area contributed by atoms with E-state index in [1.165, 1.54) is 0 Å². The minimum atomic E-state index is -0.0396. The van der Waals surface area contributed by atoms with Gasteiger partial charge in [0.2, 0.25) is 0 Å². The maximum absolute atomic E-state index is 10.9. The van der Waals surface area contributed by atoms with E-state index >= 15 is 0 Å². The molecule has 1 rings (SSSR count). The molecular formula is C9H9ClO2. The number of phenolic OH excluding ortho intramolecular Hbond substituents is 1. The van der Waals surface area contributed by atoms with Crippen molar-refractivity contribution < 1.29 is 9.90 Å². The summed E-state index contributed by atoms with van der Waals surface area (Å²) in [6, 6.07) is 6.61. The number of benzene rings is 1. The van der Waals surface area contributed by atoms with E-state index in [1.807, 2.05) is 0 Å². The zero-order valence-corrected chi connectivity index (χ0v) is 7.21. The number of Topliss-reactive ketones (excluding diaryl/α,β-unsaturated/α-hetero) is 1. The number of ketones is 1. The molecule has 0 unspecified atom stereocenters. The van der Waals surface area contributed by atoms with Gasteiger partial charge < -0.3 is 5.11 Å². The van der Waals surface area contributed by atoms with E-state index in [0.717, 1.165) is 5.56 Å². The largest absolute Gasteiger partial charge is 0.508 e. The van der Waals surface area contributed by atoms with Gasteiger partial charge in [-0.2, -0.15) is 0 Å². The highest BCUT2D eigenvalue weighted by Crippen LogP contribution is 2.11. The molecule has 1 N–H and O–H groups in total. The van der Waals surface area contributed by atoms with Crippen LogP contribution in [0.3, 0.4) is 0 Å². The van der Waals surface area contributed by atoms with E-state index in [2.05, 4.69) is 0 Å². The first-order chi connectivity index (χ1) is 5.72. The van der Waals surface area contributed by atoms with Crippen molar-refractivity contribution in [1.29, 1.82) is 0 Å². The fourth-order valence-electron chi connectivity index (χ4n) is 0.941. The zero-order valence-electron chi connectivity index (χ0n) is 6.46. The first-order valence-electron chi connectivity index (χ1n) is 3.58. The van der Waals surface area contributed by atoms with Gasteiger partial charge in [0.25, 0.3) is 0 Å². The molecule has 0 saturated carbocycles. The monoisotopic (exact) mass is 184 g/mol. The van der Waals surface area contributed by atoms with Crippen molar-refractivity contribution in [2.24, 2.45) is 0 Å². The number of carbonyl (C=O) groups excluding carboxylic acids is 1. The molecule has 0 aliphatic heterocycles. The van der Waals surface area contributed by atoms with Crippen LogP contribution >= 0.6 is 11.6 Å². The van der Waals surface area contributed by atoms with Crippen molar-refractivity contribution in [2.75, 3.05) is 5.88 Å². The fourth-order valence-corrected chi connectivity index (χ4v) is 1.04. The van der Waals surface area contributed by atoms with Gasteiger partial charge in [0.05, 0.1) is 5.88 Å². The number of alkyl halides is 1. The van der Waals surface area contributed by atoms with Crippen LogP contribution in [0.25, 0.3) is 0 Å². The molecule has 3 heteroatoms. The van der Waals surface area contributed by atoms with Gasteiger partial charge in [-0.3, -0.25) is 4.79 Å². The standard InChI is InChI=1S/C9H9ClO2/c10-6-9(12)5-7-2-1-3-8(11)4-7/h1-4,11H,5-6H2. The fraction of sp³-hybridized carbons (Fsp3) is 0.222. The van der Waals surface area contributed by atoms with Crippen LogP contribution in [-0.4, -0.2) is 16.8 Å². The van der Waals surface area contributed by atoms with Gasteiger partial charge in [0.15, 0.2) is 5.78 Å². The molecule has 12 heavy (non-hydrogen) atoms. The third kappa shape index (κ3) is 2.55. The van der Waals surface area contributed by atoms with Gasteiger partial charge in [-0.25, -0.2) is 0 Å². The third-order valence-corrected chi connectivity index (χ3v) is 1.76. The van der Waals surface area contributed by atoms with Crippen molar-refractivity contribution in [3.8, 4) is 5.75 Å². The molecule has 0 radical (unpaired) electrons. The molecule has 0 fully saturated rings. The van der Waals surface area contributed by atoms with E-state index in [9.17, 15) is 4.79 Å². The van der Waals surface area contributed by atoms with Crippen LogP contribution < -0.4 is 0 Å². The highest BCUT2D eigenvalue weighted by atomic mass is 35.5. The predicted octanol–water partition coefficient (Wildman–Crippen LogP) is 1.74. The predicted molar refractivity (Wildman–Crippen MR) is 47.5 cm³/mol. The average molecular weight is 185 g/mol. The molecule has 0 atom stereocenters. The highest BCUT2D eigenvalue weighted by molar-refractivity contribution is 6.27. The van der Waals surface area contributed by atoms with Crippen molar-refractivity contribution in [1.82, 2.24) is 0 Å². The summed E-state index contributed by atoms with van der Waals surface area (Å²) in [6.45, 7) is 0. The summed E-state index contributed by atoms with van der Waals surface area (Å²) < 4.78 is 0.